The van der Waals surface area contributed by atoms with Crippen molar-refractivity contribution in [1.29, 1.82) is 5.26 Å². The summed E-state index contributed by atoms with van der Waals surface area (Å²) < 4.78 is 5.38. The molecule has 2 rings (SSSR count). The number of nitrogens with one attached hydrogen (secondary N) is 2. The van der Waals surface area contributed by atoms with Crippen LogP contribution in [-0.4, -0.2) is 31.1 Å². The number of carbonyl (C=O) groups excluding carboxylic acids is 2. The zero-order valence-corrected chi connectivity index (χ0v) is 11.6. The molecule has 2 amide bonds. The fraction of sp³-hybridized carbons (Fsp3) is 0.400. The number of nitrogens with zero attached hydrogens (tertiary/aromatic N) is 1. The Balaban J connectivity index is 1.78. The van der Waals surface area contributed by atoms with Gasteiger partial charge in [-0.3, -0.25) is 9.59 Å². The van der Waals surface area contributed by atoms with Gasteiger partial charge < -0.3 is 15.4 Å². The largest absolute Gasteiger partial charge is 0.376 e. The first-order valence-corrected chi connectivity index (χ1v) is 6.86. The highest BCUT2D eigenvalue weighted by atomic mass is 16.5. The van der Waals surface area contributed by atoms with Gasteiger partial charge in [-0.15, -0.1) is 0 Å². The van der Waals surface area contributed by atoms with Crippen LogP contribution in [0.4, 0.5) is 5.69 Å². The number of para-hydroxylation sites is 1. The van der Waals surface area contributed by atoms with E-state index in [4.69, 9.17) is 10.00 Å². The molecule has 1 saturated heterocycles. The van der Waals surface area contributed by atoms with Crippen molar-refractivity contribution in [2.45, 2.75) is 25.4 Å². The van der Waals surface area contributed by atoms with Crippen molar-refractivity contribution in [2.24, 2.45) is 0 Å². The molecule has 2 N–H and O–H groups in total. The monoisotopic (exact) mass is 287 g/mol. The van der Waals surface area contributed by atoms with Gasteiger partial charge in [0.05, 0.1) is 17.4 Å². The highest BCUT2D eigenvalue weighted by Gasteiger charge is 2.17. The summed E-state index contributed by atoms with van der Waals surface area (Å²) in [6.07, 6.45) is 1.72. The molecule has 1 fully saturated rings. The maximum absolute atomic E-state index is 11.8. The van der Waals surface area contributed by atoms with Crippen LogP contribution in [0.5, 0.6) is 0 Å². The molecular weight excluding hydrogens is 270 g/mol. The molecule has 0 spiro atoms. The van der Waals surface area contributed by atoms with E-state index in [2.05, 4.69) is 10.6 Å². The molecule has 0 radical (unpaired) electrons. The van der Waals surface area contributed by atoms with Gasteiger partial charge in [-0.2, -0.15) is 5.26 Å². The summed E-state index contributed by atoms with van der Waals surface area (Å²) >= 11 is 0. The fourth-order valence-electron chi connectivity index (χ4n) is 2.13. The lowest BCUT2D eigenvalue weighted by atomic mass is 10.2. The van der Waals surface area contributed by atoms with E-state index in [-0.39, 0.29) is 18.4 Å². The molecule has 6 nitrogen and oxygen atoms in total. The Morgan fingerprint density at radius 2 is 2.14 bits per heavy atom. The van der Waals surface area contributed by atoms with Crippen molar-refractivity contribution in [2.75, 3.05) is 18.5 Å². The van der Waals surface area contributed by atoms with Crippen molar-refractivity contribution in [3.63, 3.8) is 0 Å². The van der Waals surface area contributed by atoms with Gasteiger partial charge in [0, 0.05) is 13.2 Å². The number of rotatable bonds is 5. The minimum Gasteiger partial charge on any atom is -0.376 e. The number of amides is 2. The molecule has 1 aromatic carbocycles. The first kappa shape index (κ1) is 15.0. The molecule has 1 aliphatic heterocycles. The van der Waals surface area contributed by atoms with Gasteiger partial charge in [0.25, 0.3) is 0 Å². The standard InChI is InChI=1S/C15H17N3O3/c16-9-11-4-1-2-6-13(11)18-15(20)8-14(19)17-10-12-5-3-7-21-12/h1-2,4,6,12H,3,5,7-8,10H2,(H,17,19)(H,18,20). The van der Waals surface area contributed by atoms with Gasteiger partial charge in [0.15, 0.2) is 0 Å². The molecule has 0 aliphatic carbocycles. The van der Waals surface area contributed by atoms with Crippen LogP contribution in [0.1, 0.15) is 24.8 Å². The molecule has 21 heavy (non-hydrogen) atoms. The Morgan fingerprint density at radius 1 is 1.33 bits per heavy atom. The van der Waals surface area contributed by atoms with Crippen LogP contribution < -0.4 is 10.6 Å². The van der Waals surface area contributed by atoms with E-state index in [0.29, 0.717) is 17.8 Å². The third kappa shape index (κ3) is 4.58. The summed E-state index contributed by atoms with van der Waals surface area (Å²) in [5.74, 6) is -0.792. The molecule has 1 atom stereocenters. The number of benzene rings is 1. The molecule has 6 heteroatoms. The van der Waals surface area contributed by atoms with Gasteiger partial charge in [0.2, 0.25) is 11.8 Å². The van der Waals surface area contributed by atoms with E-state index in [1.807, 2.05) is 6.07 Å². The predicted molar refractivity (Wildman–Crippen MR) is 76.4 cm³/mol. The van der Waals surface area contributed by atoms with Gasteiger partial charge in [0.1, 0.15) is 12.5 Å². The quantitative estimate of drug-likeness (QED) is 0.796. The Bertz CT molecular complexity index is 560. The molecule has 1 unspecified atom stereocenters. The summed E-state index contributed by atoms with van der Waals surface area (Å²) in [6.45, 7) is 1.16. The molecule has 1 aliphatic rings. The van der Waals surface area contributed by atoms with Crippen LogP contribution in [0, 0.1) is 11.3 Å². The molecule has 0 aromatic heterocycles. The minimum atomic E-state index is -0.442. The van der Waals surface area contributed by atoms with E-state index in [0.717, 1.165) is 19.4 Å². The second-order valence-electron chi connectivity index (χ2n) is 4.82. The van der Waals surface area contributed by atoms with Gasteiger partial charge in [-0.25, -0.2) is 0 Å². The third-order valence-corrected chi connectivity index (χ3v) is 3.19. The Morgan fingerprint density at radius 3 is 2.86 bits per heavy atom. The van der Waals surface area contributed by atoms with Crippen LogP contribution in [-0.2, 0) is 14.3 Å². The molecule has 1 aromatic rings. The van der Waals surface area contributed by atoms with Crippen molar-refractivity contribution < 1.29 is 14.3 Å². The second kappa shape index (κ2) is 7.41. The molecule has 0 bridgehead atoms. The third-order valence-electron chi connectivity index (χ3n) is 3.19. The lowest BCUT2D eigenvalue weighted by Crippen LogP contribution is -2.34. The Labute approximate surface area is 123 Å². The smallest absolute Gasteiger partial charge is 0.233 e. The van der Waals surface area contributed by atoms with E-state index in [1.54, 1.807) is 24.3 Å². The molecule has 1 heterocycles. The highest BCUT2D eigenvalue weighted by Crippen LogP contribution is 2.14. The summed E-state index contributed by atoms with van der Waals surface area (Å²) in [7, 11) is 0. The summed E-state index contributed by atoms with van der Waals surface area (Å²) in [5, 5.41) is 14.2. The van der Waals surface area contributed by atoms with Crippen LogP contribution >= 0.6 is 0 Å². The number of hydrogen-bond donors (Lipinski definition) is 2. The van der Waals surface area contributed by atoms with Crippen molar-refractivity contribution in [3.05, 3.63) is 29.8 Å². The Kier molecular flexibility index (Phi) is 5.29. The zero-order valence-electron chi connectivity index (χ0n) is 11.6. The average molecular weight is 287 g/mol. The number of hydrogen-bond acceptors (Lipinski definition) is 4. The molecule has 0 saturated carbocycles. The van der Waals surface area contributed by atoms with E-state index in [1.165, 1.54) is 0 Å². The van der Waals surface area contributed by atoms with Gasteiger partial charge >= 0.3 is 0 Å². The number of anilines is 1. The average Bonchev–Trinajstić information content (AvgIpc) is 2.99. The van der Waals surface area contributed by atoms with E-state index < -0.39 is 5.91 Å². The van der Waals surface area contributed by atoms with Crippen molar-refractivity contribution >= 4 is 17.5 Å². The van der Waals surface area contributed by atoms with Crippen LogP contribution in [0.3, 0.4) is 0 Å². The lowest BCUT2D eigenvalue weighted by molar-refractivity contribution is -0.127. The van der Waals surface area contributed by atoms with Crippen molar-refractivity contribution in [3.8, 4) is 6.07 Å². The first-order valence-electron chi connectivity index (χ1n) is 6.86. The van der Waals surface area contributed by atoms with Crippen LogP contribution in [0.2, 0.25) is 0 Å². The Hall–Kier alpha value is -2.39. The van der Waals surface area contributed by atoms with E-state index in [9.17, 15) is 9.59 Å². The summed E-state index contributed by atoms with van der Waals surface area (Å²) in [4.78, 5) is 23.4. The highest BCUT2D eigenvalue weighted by molar-refractivity contribution is 6.04. The fourth-order valence-corrected chi connectivity index (χ4v) is 2.13. The van der Waals surface area contributed by atoms with Gasteiger partial charge in [-0.05, 0) is 25.0 Å². The first-order chi connectivity index (χ1) is 10.2. The molecule has 110 valence electrons. The topological polar surface area (TPSA) is 91.2 Å². The number of carbonyl (C=O) groups is 2. The SMILES string of the molecule is N#Cc1ccccc1NC(=O)CC(=O)NCC1CCCO1. The van der Waals surface area contributed by atoms with Crippen molar-refractivity contribution in [1.82, 2.24) is 5.32 Å². The predicted octanol–water partition coefficient (Wildman–Crippen LogP) is 1.18. The lowest BCUT2D eigenvalue weighted by Gasteiger charge is -2.11. The number of ether oxygens (including phenoxy) is 1. The van der Waals surface area contributed by atoms with Crippen LogP contribution in [0.25, 0.3) is 0 Å². The number of nitriles is 1. The maximum atomic E-state index is 11.8. The molecular formula is C15H17N3O3. The maximum Gasteiger partial charge on any atom is 0.233 e. The van der Waals surface area contributed by atoms with Crippen LogP contribution in [0.15, 0.2) is 24.3 Å². The summed E-state index contributed by atoms with van der Waals surface area (Å²) in [6, 6.07) is 8.64. The minimum absolute atomic E-state index is 0.0522. The zero-order chi connectivity index (χ0) is 15.1. The van der Waals surface area contributed by atoms with E-state index >= 15 is 0 Å². The van der Waals surface area contributed by atoms with Gasteiger partial charge in [-0.1, -0.05) is 12.1 Å². The second-order valence-corrected chi connectivity index (χ2v) is 4.82. The summed E-state index contributed by atoms with van der Waals surface area (Å²) in [5.41, 5.74) is 0.780. The normalized spacial score (nSPS) is 17.0.